The van der Waals surface area contributed by atoms with Gasteiger partial charge >= 0.3 is 12.4 Å². The number of carbonyl (C=O) groups excluding carboxylic acids is 1. The van der Waals surface area contributed by atoms with Gasteiger partial charge < -0.3 is 24.6 Å². The summed E-state index contributed by atoms with van der Waals surface area (Å²) in [6.45, 7) is 1.25. The number of hydrogen-bond donors (Lipinski definition) is 2. The molecule has 0 radical (unpaired) electrons. The molecule has 192 valence electrons. The first-order valence-corrected chi connectivity index (χ1v) is 10.7. The van der Waals surface area contributed by atoms with Gasteiger partial charge in [-0.2, -0.15) is 4.98 Å². The highest BCUT2D eigenvalue weighted by atomic mass is 19.4. The molecule has 2 heterocycles. The molecule has 0 saturated carbocycles. The molecule has 2 N–H and O–H groups in total. The van der Waals surface area contributed by atoms with E-state index in [2.05, 4.69) is 9.72 Å². The largest absolute Gasteiger partial charge is 0.573 e. The Balaban J connectivity index is 1.78. The van der Waals surface area contributed by atoms with Crippen LogP contribution in [-0.4, -0.2) is 63.0 Å². The van der Waals surface area contributed by atoms with Gasteiger partial charge in [0.15, 0.2) is 11.5 Å². The summed E-state index contributed by atoms with van der Waals surface area (Å²) in [7, 11) is 1.47. The molecule has 2 aromatic carbocycles. The van der Waals surface area contributed by atoms with Crippen LogP contribution in [0, 0.1) is 5.82 Å². The molecule has 1 aliphatic rings. The zero-order valence-electron chi connectivity index (χ0n) is 19.1. The van der Waals surface area contributed by atoms with E-state index < -0.39 is 36.3 Å². The number of imidazole rings is 1. The molecular formula is C23H22F4N4O5. The minimum atomic E-state index is -4.91. The van der Waals surface area contributed by atoms with Crippen LogP contribution < -0.4 is 14.4 Å². The third-order valence-electron chi connectivity index (χ3n) is 5.30. The summed E-state index contributed by atoms with van der Waals surface area (Å²) < 4.78 is 62.4. The van der Waals surface area contributed by atoms with Crippen LogP contribution in [0.4, 0.5) is 23.4 Å². The minimum Gasteiger partial charge on any atom is -0.425 e. The molecule has 1 aromatic heterocycles. The third kappa shape index (κ3) is 5.36. The number of aliphatic hydroxyl groups excluding tert-OH is 2. The average Bonchev–Trinajstić information content (AvgIpc) is 3.13. The van der Waals surface area contributed by atoms with Crippen molar-refractivity contribution in [3.05, 3.63) is 65.6 Å². The van der Waals surface area contributed by atoms with Gasteiger partial charge in [0.2, 0.25) is 6.35 Å². The lowest BCUT2D eigenvalue weighted by atomic mass is 10.2. The van der Waals surface area contributed by atoms with Crippen molar-refractivity contribution in [2.75, 3.05) is 18.5 Å². The van der Waals surface area contributed by atoms with Crippen molar-refractivity contribution < 1.29 is 42.0 Å². The Kier molecular flexibility index (Phi) is 6.78. The van der Waals surface area contributed by atoms with Crippen molar-refractivity contribution in [1.82, 2.24) is 14.5 Å². The van der Waals surface area contributed by atoms with Crippen LogP contribution in [0.3, 0.4) is 0 Å². The van der Waals surface area contributed by atoms with Crippen molar-refractivity contribution >= 4 is 11.7 Å². The van der Waals surface area contributed by atoms with Gasteiger partial charge in [-0.15, -0.1) is 13.2 Å². The van der Waals surface area contributed by atoms with Gasteiger partial charge in [-0.3, -0.25) is 14.3 Å². The maximum atomic E-state index is 13.4. The minimum absolute atomic E-state index is 0.00507. The number of benzene rings is 2. The molecule has 0 aliphatic carbocycles. The highest BCUT2D eigenvalue weighted by Crippen LogP contribution is 2.36. The molecule has 0 spiro atoms. The SMILES string of the molecule is CC(O)CN1C(=O)c2c(nc(Oc3cccc(OC(F)(F)F)c3)n2Cc2ccc(F)cc2)N(C)C1O. The summed E-state index contributed by atoms with van der Waals surface area (Å²) in [5, 5.41) is 20.4. The lowest BCUT2D eigenvalue weighted by Crippen LogP contribution is -2.56. The zero-order chi connectivity index (χ0) is 26.2. The van der Waals surface area contributed by atoms with Gasteiger partial charge in [0.1, 0.15) is 17.3 Å². The second-order valence-corrected chi connectivity index (χ2v) is 8.17. The van der Waals surface area contributed by atoms with E-state index in [0.717, 1.165) is 17.0 Å². The molecule has 1 amide bonds. The first kappa shape index (κ1) is 25.3. The van der Waals surface area contributed by atoms with Crippen LogP contribution in [-0.2, 0) is 6.54 Å². The zero-order valence-corrected chi connectivity index (χ0v) is 19.1. The molecular weight excluding hydrogens is 488 g/mol. The number of ether oxygens (including phenoxy) is 2. The Morgan fingerprint density at radius 2 is 1.81 bits per heavy atom. The number of halogens is 4. The molecule has 2 atom stereocenters. The fourth-order valence-corrected chi connectivity index (χ4v) is 3.74. The first-order valence-electron chi connectivity index (χ1n) is 10.7. The predicted octanol–water partition coefficient (Wildman–Crippen LogP) is 3.31. The highest BCUT2D eigenvalue weighted by Gasteiger charge is 2.41. The van der Waals surface area contributed by atoms with Crippen LogP contribution in [0.2, 0.25) is 0 Å². The standard InChI is InChI=1S/C23H22F4N4O5/c1-13(32)11-31-20(33)18-19(29(2)22(31)34)28-21(30(18)12-14-6-8-15(24)9-7-14)35-16-4-3-5-17(10-16)36-23(25,26)27/h3-10,13,22,32,34H,11-12H2,1-2H3. The topological polar surface area (TPSA) is 100 Å². The summed E-state index contributed by atoms with van der Waals surface area (Å²) in [6.07, 6.45) is -7.29. The van der Waals surface area contributed by atoms with E-state index in [0.29, 0.717) is 5.56 Å². The molecule has 0 fully saturated rings. The van der Waals surface area contributed by atoms with Gasteiger partial charge in [-0.25, -0.2) is 4.39 Å². The fourth-order valence-electron chi connectivity index (χ4n) is 3.74. The number of fused-ring (bicyclic) bond motifs is 1. The van der Waals surface area contributed by atoms with Gasteiger partial charge in [0, 0.05) is 13.1 Å². The number of rotatable bonds is 7. The summed E-state index contributed by atoms with van der Waals surface area (Å²) in [6, 6.07) is 10.0. The molecule has 0 bridgehead atoms. The van der Waals surface area contributed by atoms with Crippen LogP contribution in [0.1, 0.15) is 23.0 Å². The van der Waals surface area contributed by atoms with E-state index in [9.17, 15) is 32.6 Å². The maximum absolute atomic E-state index is 13.4. The Bertz CT molecular complexity index is 1250. The Hall–Kier alpha value is -3.84. The summed E-state index contributed by atoms with van der Waals surface area (Å²) in [5.74, 6) is -1.65. The van der Waals surface area contributed by atoms with Gasteiger partial charge in [0.05, 0.1) is 19.2 Å². The number of hydrogen-bond acceptors (Lipinski definition) is 7. The average molecular weight is 510 g/mol. The molecule has 3 aromatic rings. The fraction of sp³-hybridized carbons (Fsp3) is 0.304. The van der Waals surface area contributed by atoms with E-state index in [1.54, 1.807) is 0 Å². The first-order chi connectivity index (χ1) is 16.9. The van der Waals surface area contributed by atoms with Crippen molar-refractivity contribution in [2.45, 2.75) is 32.3 Å². The molecule has 13 heteroatoms. The normalized spacial score (nSPS) is 16.7. The number of nitrogens with zero attached hydrogens (tertiary/aromatic N) is 4. The highest BCUT2D eigenvalue weighted by molar-refractivity contribution is 5.99. The van der Waals surface area contributed by atoms with E-state index in [1.165, 1.54) is 59.8 Å². The Morgan fingerprint density at radius 1 is 1.14 bits per heavy atom. The number of carbonyl (C=O) groups is 1. The van der Waals surface area contributed by atoms with Gasteiger partial charge in [-0.05, 0) is 36.8 Å². The van der Waals surface area contributed by atoms with Crippen LogP contribution >= 0.6 is 0 Å². The van der Waals surface area contributed by atoms with E-state index in [-0.39, 0.29) is 36.4 Å². The number of β-amino-alcohol motifs (C(OH)–C–C–N with tert-alkyl or cyclic N) is 1. The molecule has 1 aliphatic heterocycles. The lowest BCUT2D eigenvalue weighted by Gasteiger charge is -2.39. The van der Waals surface area contributed by atoms with E-state index in [1.807, 2.05) is 0 Å². The van der Waals surface area contributed by atoms with Gasteiger partial charge in [-0.1, -0.05) is 18.2 Å². The second kappa shape index (κ2) is 9.66. The van der Waals surface area contributed by atoms with Crippen molar-refractivity contribution in [3.63, 3.8) is 0 Å². The van der Waals surface area contributed by atoms with Crippen molar-refractivity contribution in [1.29, 1.82) is 0 Å². The summed E-state index contributed by atoms with van der Waals surface area (Å²) >= 11 is 0. The molecule has 0 saturated heterocycles. The maximum Gasteiger partial charge on any atom is 0.573 e. The second-order valence-electron chi connectivity index (χ2n) is 8.17. The monoisotopic (exact) mass is 510 g/mol. The van der Waals surface area contributed by atoms with E-state index in [4.69, 9.17) is 4.74 Å². The summed E-state index contributed by atoms with van der Waals surface area (Å²) in [4.78, 5) is 20.0. The third-order valence-corrected chi connectivity index (χ3v) is 5.30. The van der Waals surface area contributed by atoms with Crippen LogP contribution in [0.15, 0.2) is 48.5 Å². The Morgan fingerprint density at radius 3 is 2.44 bits per heavy atom. The van der Waals surface area contributed by atoms with Crippen molar-refractivity contribution in [3.8, 4) is 17.5 Å². The molecule has 36 heavy (non-hydrogen) atoms. The molecule has 2 unspecified atom stereocenters. The number of aromatic nitrogens is 2. The molecule has 9 nitrogen and oxygen atoms in total. The van der Waals surface area contributed by atoms with Crippen LogP contribution in [0.25, 0.3) is 0 Å². The number of alkyl halides is 3. The van der Waals surface area contributed by atoms with Crippen LogP contribution in [0.5, 0.6) is 17.5 Å². The number of aliphatic hydroxyl groups is 2. The predicted molar refractivity (Wildman–Crippen MR) is 118 cm³/mol. The van der Waals surface area contributed by atoms with E-state index >= 15 is 0 Å². The lowest BCUT2D eigenvalue weighted by molar-refractivity contribution is -0.274. The van der Waals surface area contributed by atoms with Crippen molar-refractivity contribution in [2.24, 2.45) is 0 Å². The Labute approximate surface area is 202 Å². The summed E-state index contributed by atoms with van der Waals surface area (Å²) in [5.41, 5.74) is 0.574. The quantitative estimate of drug-likeness (QED) is 0.471. The number of amides is 1. The number of anilines is 1. The van der Waals surface area contributed by atoms with Gasteiger partial charge in [0.25, 0.3) is 5.91 Å². The molecule has 4 rings (SSSR count). The smallest absolute Gasteiger partial charge is 0.425 e.